The van der Waals surface area contributed by atoms with Gasteiger partial charge in [0.05, 0.1) is 6.42 Å². The van der Waals surface area contributed by atoms with Crippen molar-refractivity contribution in [3.05, 3.63) is 12.7 Å². The van der Waals surface area contributed by atoms with Crippen molar-refractivity contribution < 1.29 is 45.6 Å². The first-order valence-electron chi connectivity index (χ1n) is 2.68. The molecule has 0 rings (SSSR count). The smallest absolute Gasteiger partial charge is 0.330 e. The number of aliphatic carboxylic acids is 1. The molecule has 0 atom stereocenters. The van der Waals surface area contributed by atoms with Crippen molar-refractivity contribution in [1.29, 1.82) is 0 Å². The third-order valence-corrected chi connectivity index (χ3v) is 0.727. The van der Waals surface area contributed by atoms with Crippen molar-refractivity contribution in [3.63, 3.8) is 0 Å². The van der Waals surface area contributed by atoms with Crippen molar-refractivity contribution in [1.82, 2.24) is 0 Å². The van der Waals surface area contributed by atoms with Crippen LogP contribution in [0.2, 0.25) is 0 Å². The van der Waals surface area contributed by atoms with E-state index in [2.05, 4.69) is 11.3 Å². The second-order valence-corrected chi connectivity index (χ2v) is 1.52. The Labute approximate surface area is 83.4 Å². The molecule has 60 valence electrons. The van der Waals surface area contributed by atoms with Crippen LogP contribution in [-0.2, 0) is 40.5 Å². The Kier molecular flexibility index (Phi) is 9.18. The van der Waals surface area contributed by atoms with E-state index in [1.54, 1.807) is 0 Å². The molecule has 0 spiro atoms. The van der Waals surface area contributed by atoms with Gasteiger partial charge in [0.25, 0.3) is 0 Å². The van der Waals surface area contributed by atoms with E-state index in [0.717, 1.165) is 6.08 Å². The third kappa shape index (κ3) is 9.56. The molecule has 0 aliphatic heterocycles. The van der Waals surface area contributed by atoms with E-state index in [0.29, 0.717) is 0 Å². The van der Waals surface area contributed by atoms with Crippen molar-refractivity contribution in [2.45, 2.75) is 6.42 Å². The summed E-state index contributed by atoms with van der Waals surface area (Å²) in [6, 6.07) is 0. The first-order valence-corrected chi connectivity index (χ1v) is 2.68. The van der Waals surface area contributed by atoms with Crippen LogP contribution in [0.4, 0.5) is 0 Å². The quantitative estimate of drug-likeness (QED) is 0.558. The van der Waals surface area contributed by atoms with Gasteiger partial charge in [0, 0.05) is 32.3 Å². The Morgan fingerprint density at radius 2 is 2.09 bits per heavy atom. The molecule has 0 bridgehead atoms. The number of carbonyl (C=O) groups is 2. The second kappa shape index (κ2) is 7.67. The zero-order valence-electron chi connectivity index (χ0n) is 5.87. The van der Waals surface area contributed by atoms with E-state index in [4.69, 9.17) is 5.11 Å². The van der Waals surface area contributed by atoms with E-state index < -0.39 is 11.9 Å². The van der Waals surface area contributed by atoms with Crippen LogP contribution in [0.25, 0.3) is 0 Å². The fraction of sp³-hybridized carbons (Fsp3) is 0.333. The summed E-state index contributed by atoms with van der Waals surface area (Å²) in [6.45, 7) is 3.04. The summed E-state index contributed by atoms with van der Waals surface area (Å²) < 4.78 is 4.36. The largest absolute Gasteiger partial charge is 0.481 e. The molecule has 0 aromatic heterocycles. The van der Waals surface area contributed by atoms with Crippen molar-refractivity contribution >= 4 is 11.9 Å². The molecule has 0 radical (unpaired) electrons. The number of carboxylic acid groups (broad SMARTS) is 1. The molecule has 0 unspecified atom stereocenters. The molecular weight excluding hydrogens is 227 g/mol. The summed E-state index contributed by atoms with van der Waals surface area (Å²) in [5, 5.41) is 8.08. The molecule has 0 saturated heterocycles. The van der Waals surface area contributed by atoms with Gasteiger partial charge in [-0.1, -0.05) is 6.58 Å². The number of hydrogen-bond donors (Lipinski definition) is 1. The summed E-state index contributed by atoms with van der Waals surface area (Å²) in [6.07, 6.45) is 0.821. The minimum Gasteiger partial charge on any atom is -0.481 e. The SMILES string of the molecule is C=CC(=O)OCCC(=O)O.[Zr]. The maximum absolute atomic E-state index is 10.3. The Morgan fingerprint density at radius 1 is 1.55 bits per heavy atom. The molecular formula is C6H8O4Zr. The molecule has 0 aromatic rings. The van der Waals surface area contributed by atoms with Gasteiger partial charge in [0.2, 0.25) is 0 Å². The van der Waals surface area contributed by atoms with E-state index >= 15 is 0 Å². The Bertz CT molecular complexity index is 155. The van der Waals surface area contributed by atoms with Gasteiger partial charge in [-0.05, 0) is 0 Å². The van der Waals surface area contributed by atoms with Gasteiger partial charge in [-0.3, -0.25) is 4.79 Å². The zero-order valence-corrected chi connectivity index (χ0v) is 8.33. The summed E-state index contributed by atoms with van der Waals surface area (Å²) in [7, 11) is 0. The minimum atomic E-state index is -0.989. The van der Waals surface area contributed by atoms with Crippen LogP contribution in [0.5, 0.6) is 0 Å². The zero-order chi connectivity index (χ0) is 7.98. The predicted octanol–water partition coefficient (Wildman–Crippen LogP) is 0.188. The molecule has 0 fully saturated rings. The van der Waals surface area contributed by atoms with Crippen LogP contribution in [0.1, 0.15) is 6.42 Å². The molecule has 0 aliphatic carbocycles. The normalized spacial score (nSPS) is 7.64. The molecule has 0 aromatic carbocycles. The number of carboxylic acids is 1. The van der Waals surface area contributed by atoms with Crippen LogP contribution in [0, 0.1) is 0 Å². The maximum Gasteiger partial charge on any atom is 0.330 e. The molecule has 5 heteroatoms. The standard InChI is InChI=1S/C6H8O4.Zr/c1-2-6(9)10-4-3-5(7)8;/h2H,1,3-4H2,(H,7,8);. The summed E-state index contributed by atoms with van der Waals surface area (Å²) in [5.41, 5.74) is 0. The molecule has 0 aliphatic rings. The van der Waals surface area contributed by atoms with Crippen molar-refractivity contribution in [3.8, 4) is 0 Å². The molecule has 0 amide bonds. The number of rotatable bonds is 4. The average molecular weight is 235 g/mol. The number of esters is 1. The molecule has 0 saturated carbocycles. The van der Waals surface area contributed by atoms with Crippen LogP contribution >= 0.6 is 0 Å². The van der Waals surface area contributed by atoms with Gasteiger partial charge < -0.3 is 9.84 Å². The first-order chi connectivity index (χ1) is 4.66. The molecule has 0 heterocycles. The van der Waals surface area contributed by atoms with Crippen LogP contribution < -0.4 is 0 Å². The predicted molar refractivity (Wildman–Crippen MR) is 33.4 cm³/mol. The van der Waals surface area contributed by atoms with Gasteiger partial charge in [0.15, 0.2) is 0 Å². The number of ether oxygens (including phenoxy) is 1. The van der Waals surface area contributed by atoms with Gasteiger partial charge in [0.1, 0.15) is 6.61 Å². The van der Waals surface area contributed by atoms with Crippen LogP contribution in [-0.4, -0.2) is 23.7 Å². The number of hydrogen-bond acceptors (Lipinski definition) is 3. The number of carbonyl (C=O) groups excluding carboxylic acids is 1. The topological polar surface area (TPSA) is 63.6 Å². The second-order valence-electron chi connectivity index (χ2n) is 1.52. The third-order valence-electron chi connectivity index (χ3n) is 0.727. The van der Waals surface area contributed by atoms with Crippen LogP contribution in [0.3, 0.4) is 0 Å². The van der Waals surface area contributed by atoms with Crippen LogP contribution in [0.15, 0.2) is 12.7 Å². The molecule has 11 heavy (non-hydrogen) atoms. The van der Waals surface area contributed by atoms with E-state index in [1.807, 2.05) is 0 Å². The summed E-state index contributed by atoms with van der Waals surface area (Å²) in [4.78, 5) is 20.1. The van der Waals surface area contributed by atoms with Gasteiger partial charge in [-0.25, -0.2) is 4.79 Å². The van der Waals surface area contributed by atoms with Gasteiger partial charge >= 0.3 is 11.9 Å². The molecule has 1 N–H and O–H groups in total. The molecule has 4 nitrogen and oxygen atoms in total. The van der Waals surface area contributed by atoms with Crippen molar-refractivity contribution in [2.24, 2.45) is 0 Å². The van der Waals surface area contributed by atoms with Crippen molar-refractivity contribution in [2.75, 3.05) is 6.61 Å². The Morgan fingerprint density at radius 3 is 2.45 bits per heavy atom. The van der Waals surface area contributed by atoms with E-state index in [-0.39, 0.29) is 39.2 Å². The van der Waals surface area contributed by atoms with E-state index in [1.165, 1.54) is 0 Å². The minimum absolute atomic E-state index is 0. The summed E-state index contributed by atoms with van der Waals surface area (Å²) in [5.74, 6) is -1.59. The Hall–Kier alpha value is -0.437. The monoisotopic (exact) mass is 234 g/mol. The van der Waals surface area contributed by atoms with Gasteiger partial charge in [-0.2, -0.15) is 0 Å². The van der Waals surface area contributed by atoms with E-state index in [9.17, 15) is 9.59 Å². The Balaban J connectivity index is 0. The van der Waals surface area contributed by atoms with Gasteiger partial charge in [-0.15, -0.1) is 0 Å². The first kappa shape index (κ1) is 13.2. The maximum atomic E-state index is 10.3. The summed E-state index contributed by atoms with van der Waals surface area (Å²) >= 11 is 0. The average Bonchev–Trinajstić information content (AvgIpc) is 1.87. The fourth-order valence-electron chi connectivity index (χ4n) is 0.298. The fourth-order valence-corrected chi connectivity index (χ4v) is 0.298.